The van der Waals surface area contributed by atoms with Gasteiger partial charge in [-0.25, -0.2) is 0 Å². The van der Waals surface area contributed by atoms with Gasteiger partial charge in [-0.05, 0) is 98.8 Å². The molecule has 2 amide bonds. The monoisotopic (exact) mass is 588 g/mol. The summed E-state index contributed by atoms with van der Waals surface area (Å²) in [6.07, 6.45) is 4.62. The highest BCUT2D eigenvalue weighted by atomic mass is 16.5. The van der Waals surface area contributed by atoms with Crippen molar-refractivity contribution in [1.82, 2.24) is 14.4 Å². The van der Waals surface area contributed by atoms with Gasteiger partial charge >= 0.3 is 0 Å². The third-order valence-corrected chi connectivity index (χ3v) is 9.66. The fraction of sp³-hybridized carbons (Fsp3) is 0.351. The van der Waals surface area contributed by atoms with E-state index in [2.05, 4.69) is 39.5 Å². The first kappa shape index (κ1) is 28.4. The number of methoxy groups -OCH3 is 1. The molecule has 1 atom stereocenters. The van der Waals surface area contributed by atoms with Gasteiger partial charge in [0.05, 0.1) is 20.2 Å². The van der Waals surface area contributed by atoms with Gasteiger partial charge in [0.2, 0.25) is 0 Å². The zero-order chi connectivity index (χ0) is 30.2. The molecule has 2 fully saturated rings. The quantitative estimate of drug-likeness (QED) is 0.262. The third-order valence-electron chi connectivity index (χ3n) is 9.66. The minimum Gasteiger partial charge on any atom is -0.496 e. The van der Waals surface area contributed by atoms with E-state index in [1.165, 1.54) is 12.8 Å². The summed E-state index contributed by atoms with van der Waals surface area (Å²) in [4.78, 5) is 34.8. The molecule has 7 rings (SSSR count). The van der Waals surface area contributed by atoms with Gasteiger partial charge in [-0.3, -0.25) is 9.59 Å². The first-order valence-corrected chi connectivity index (χ1v) is 15.9. The number of benzene rings is 3. The van der Waals surface area contributed by atoms with E-state index in [0.29, 0.717) is 30.1 Å². The van der Waals surface area contributed by atoms with Gasteiger partial charge in [0.15, 0.2) is 0 Å². The molecule has 4 aromatic rings. The zero-order valence-corrected chi connectivity index (χ0v) is 25.7. The second-order valence-electron chi connectivity index (χ2n) is 12.3. The minimum atomic E-state index is -0.0974. The summed E-state index contributed by atoms with van der Waals surface area (Å²) in [5, 5.41) is 0. The summed E-state index contributed by atoms with van der Waals surface area (Å²) in [6.45, 7) is 7.05. The Balaban J connectivity index is 1.19. The first-order valence-electron chi connectivity index (χ1n) is 15.9. The van der Waals surface area contributed by atoms with E-state index < -0.39 is 0 Å². The van der Waals surface area contributed by atoms with E-state index in [4.69, 9.17) is 4.74 Å². The molecule has 1 aromatic heterocycles. The molecule has 0 bridgehead atoms. The Labute approximate surface area is 259 Å². The van der Waals surface area contributed by atoms with E-state index >= 15 is 0 Å². The SMILES string of the molecule is COc1cc(C(=O)N2Cc3ccc(C(=O)N4CCC[C@H]4CN4CCCC4)n3Cc3ccccc32)ccc1-c1ccccc1C. The van der Waals surface area contributed by atoms with Crippen molar-refractivity contribution < 1.29 is 14.3 Å². The summed E-state index contributed by atoms with van der Waals surface area (Å²) in [5.74, 6) is 0.671. The molecule has 2 saturated heterocycles. The van der Waals surface area contributed by atoms with Crippen molar-refractivity contribution in [3.05, 3.63) is 107 Å². The molecule has 7 heteroatoms. The normalized spacial score (nSPS) is 18.2. The number of likely N-dealkylation sites (tertiary alicyclic amines) is 2. The Kier molecular flexibility index (Phi) is 7.73. The highest BCUT2D eigenvalue weighted by molar-refractivity contribution is 6.07. The maximum atomic E-state index is 14.2. The van der Waals surface area contributed by atoms with Crippen LogP contribution in [0.4, 0.5) is 5.69 Å². The van der Waals surface area contributed by atoms with Crippen LogP contribution in [0.3, 0.4) is 0 Å². The Morgan fingerprint density at radius 1 is 0.818 bits per heavy atom. The maximum Gasteiger partial charge on any atom is 0.270 e. The molecule has 0 unspecified atom stereocenters. The third kappa shape index (κ3) is 5.19. The molecule has 3 aliphatic heterocycles. The van der Waals surface area contributed by atoms with E-state index in [-0.39, 0.29) is 17.9 Å². The number of carbonyl (C=O) groups is 2. The lowest BCUT2D eigenvalue weighted by Gasteiger charge is -2.29. The second kappa shape index (κ2) is 12.0. The van der Waals surface area contributed by atoms with Crippen LogP contribution in [0.15, 0.2) is 78.9 Å². The van der Waals surface area contributed by atoms with Crippen molar-refractivity contribution in [2.24, 2.45) is 0 Å². The van der Waals surface area contributed by atoms with E-state index in [1.54, 1.807) is 7.11 Å². The van der Waals surface area contributed by atoms with Crippen molar-refractivity contribution in [1.29, 1.82) is 0 Å². The van der Waals surface area contributed by atoms with Gasteiger partial charge in [0, 0.05) is 41.6 Å². The Morgan fingerprint density at radius 3 is 2.43 bits per heavy atom. The highest BCUT2D eigenvalue weighted by Crippen LogP contribution is 2.35. The summed E-state index contributed by atoms with van der Waals surface area (Å²) in [5.41, 5.74) is 7.30. The lowest BCUT2D eigenvalue weighted by Crippen LogP contribution is -2.43. The number of nitrogens with zero attached hydrogens (tertiary/aromatic N) is 4. The van der Waals surface area contributed by atoms with Gasteiger partial charge in [-0.1, -0.05) is 42.5 Å². The first-order chi connectivity index (χ1) is 21.5. The highest BCUT2D eigenvalue weighted by Gasteiger charge is 2.34. The lowest BCUT2D eigenvalue weighted by molar-refractivity contribution is 0.0698. The van der Waals surface area contributed by atoms with Crippen LogP contribution in [0, 0.1) is 6.92 Å². The molecule has 0 spiro atoms. The molecule has 7 nitrogen and oxygen atoms in total. The number of rotatable bonds is 6. The summed E-state index contributed by atoms with van der Waals surface area (Å²) in [7, 11) is 1.65. The van der Waals surface area contributed by atoms with E-state index in [9.17, 15) is 9.59 Å². The topological polar surface area (TPSA) is 58.0 Å². The van der Waals surface area contributed by atoms with Gasteiger partial charge in [0.25, 0.3) is 11.8 Å². The Hall–Kier alpha value is -4.36. The lowest BCUT2D eigenvalue weighted by atomic mass is 9.98. The molecular formula is C37H40N4O3. The summed E-state index contributed by atoms with van der Waals surface area (Å²) < 4.78 is 7.92. The number of aryl methyl sites for hydroxylation is 1. The van der Waals surface area contributed by atoms with Crippen molar-refractivity contribution in [3.8, 4) is 16.9 Å². The van der Waals surface area contributed by atoms with Crippen molar-refractivity contribution >= 4 is 17.5 Å². The van der Waals surface area contributed by atoms with Crippen molar-refractivity contribution in [3.63, 3.8) is 0 Å². The fourth-order valence-corrected chi connectivity index (χ4v) is 7.31. The standard InChI is InChI=1S/C37H40N4O3/c1-26-10-3-5-13-31(26)32-17-15-27(22-35(32)44-2)36(42)41-25-30-16-18-34(40(30)23-28-11-4-6-14-33(28)41)37(43)39-21-9-12-29(39)24-38-19-7-8-20-38/h3-6,10-11,13-18,22,29H,7-9,12,19-21,23-25H2,1-2H3/t29-/m0/s1. The number of hydrogen-bond acceptors (Lipinski definition) is 4. The number of aromatic nitrogens is 1. The summed E-state index contributed by atoms with van der Waals surface area (Å²) in [6, 6.07) is 26.2. The molecule has 0 aliphatic carbocycles. The molecule has 0 saturated carbocycles. The predicted molar refractivity (Wildman–Crippen MR) is 173 cm³/mol. The van der Waals surface area contributed by atoms with Crippen LogP contribution in [-0.2, 0) is 13.1 Å². The van der Waals surface area contributed by atoms with Crippen LogP contribution in [-0.4, -0.2) is 65.5 Å². The molecule has 44 heavy (non-hydrogen) atoms. The average Bonchev–Trinajstić information content (AvgIpc) is 3.81. The van der Waals surface area contributed by atoms with E-state index in [1.807, 2.05) is 65.6 Å². The smallest absolute Gasteiger partial charge is 0.270 e. The van der Waals surface area contributed by atoms with Crippen LogP contribution in [0.1, 0.15) is 63.4 Å². The molecular weight excluding hydrogens is 548 g/mol. The van der Waals surface area contributed by atoms with Crippen LogP contribution < -0.4 is 9.64 Å². The number of fused-ring (bicyclic) bond motifs is 2. The van der Waals surface area contributed by atoms with Crippen LogP contribution in [0.2, 0.25) is 0 Å². The zero-order valence-electron chi connectivity index (χ0n) is 25.7. The average molecular weight is 589 g/mol. The number of para-hydroxylation sites is 1. The Bertz CT molecular complexity index is 1700. The summed E-state index contributed by atoms with van der Waals surface area (Å²) >= 11 is 0. The number of hydrogen-bond donors (Lipinski definition) is 0. The van der Waals surface area contributed by atoms with Crippen molar-refractivity contribution in [2.45, 2.75) is 51.7 Å². The van der Waals surface area contributed by atoms with Crippen LogP contribution in [0.25, 0.3) is 11.1 Å². The number of amides is 2. The largest absolute Gasteiger partial charge is 0.496 e. The molecule has 3 aromatic carbocycles. The maximum absolute atomic E-state index is 14.2. The molecule has 0 N–H and O–H groups in total. The van der Waals surface area contributed by atoms with Crippen LogP contribution >= 0.6 is 0 Å². The van der Waals surface area contributed by atoms with Gasteiger partial charge in [-0.15, -0.1) is 0 Å². The molecule has 4 heterocycles. The number of ether oxygens (including phenoxy) is 1. The van der Waals surface area contributed by atoms with Gasteiger partial charge < -0.3 is 24.0 Å². The minimum absolute atomic E-state index is 0.0974. The van der Waals surface area contributed by atoms with Crippen molar-refractivity contribution in [2.75, 3.05) is 38.2 Å². The van der Waals surface area contributed by atoms with Gasteiger partial charge in [0.1, 0.15) is 11.4 Å². The predicted octanol–water partition coefficient (Wildman–Crippen LogP) is 6.38. The van der Waals surface area contributed by atoms with Gasteiger partial charge in [-0.2, -0.15) is 0 Å². The molecule has 226 valence electrons. The fourth-order valence-electron chi connectivity index (χ4n) is 7.31. The molecule has 0 radical (unpaired) electrons. The van der Waals surface area contributed by atoms with Crippen LogP contribution in [0.5, 0.6) is 5.75 Å². The number of anilines is 1. The Morgan fingerprint density at radius 2 is 1.61 bits per heavy atom. The number of carbonyl (C=O) groups excluding carboxylic acids is 2. The van der Waals surface area contributed by atoms with E-state index in [0.717, 1.165) is 72.7 Å². The molecule has 3 aliphatic rings. The second-order valence-corrected chi connectivity index (χ2v) is 12.3.